The van der Waals surface area contributed by atoms with Crippen LogP contribution in [0.3, 0.4) is 0 Å². The molecular weight excluding hydrogens is 316 g/mol. The lowest BCUT2D eigenvalue weighted by Gasteiger charge is -2.42. The van der Waals surface area contributed by atoms with Crippen molar-refractivity contribution in [3.63, 3.8) is 0 Å². The number of carbonyl (C=O) groups excluding carboxylic acids is 1. The number of hydrogen-bond donors (Lipinski definition) is 1. The number of piperazine rings is 1. The molecule has 1 N–H and O–H groups in total. The Morgan fingerprint density at radius 3 is 2.36 bits per heavy atom. The van der Waals surface area contributed by atoms with Crippen LogP contribution in [0.5, 0.6) is 11.5 Å². The van der Waals surface area contributed by atoms with Gasteiger partial charge in [0, 0.05) is 38.2 Å². The van der Waals surface area contributed by atoms with E-state index in [1.165, 1.54) is 0 Å². The molecule has 2 aliphatic rings. The summed E-state index contributed by atoms with van der Waals surface area (Å²) in [5.41, 5.74) is 2.88. The van der Waals surface area contributed by atoms with Crippen molar-refractivity contribution in [3.8, 4) is 11.5 Å². The summed E-state index contributed by atoms with van der Waals surface area (Å²) in [7, 11) is 0. The average molecular weight is 346 g/mol. The maximum absolute atomic E-state index is 13.2. The molecule has 1 fully saturated rings. The lowest BCUT2D eigenvalue weighted by atomic mass is 9.86. The van der Waals surface area contributed by atoms with Gasteiger partial charge in [0.25, 0.3) is 5.91 Å². The van der Waals surface area contributed by atoms with Crippen LogP contribution in [0.1, 0.15) is 42.5 Å². The van der Waals surface area contributed by atoms with Crippen LogP contribution >= 0.6 is 0 Å². The minimum Gasteiger partial charge on any atom is -0.507 e. The molecule has 0 aliphatic carbocycles. The number of likely N-dealkylation sites (N-methyl/N-ethyl adjacent to an activating group) is 1. The van der Waals surface area contributed by atoms with Crippen LogP contribution in [-0.2, 0) is 11.2 Å². The van der Waals surface area contributed by atoms with E-state index in [1.807, 2.05) is 32.6 Å². The molecule has 0 unspecified atom stereocenters. The molecule has 0 aromatic heterocycles. The molecule has 0 radical (unpaired) electrons. The zero-order valence-electron chi connectivity index (χ0n) is 16.1. The fraction of sp³-hybridized carbons (Fsp3) is 0.650. The highest BCUT2D eigenvalue weighted by Gasteiger charge is 2.43. The second-order valence-corrected chi connectivity index (χ2v) is 7.59. The number of carbonyl (C=O) groups is 1. The van der Waals surface area contributed by atoms with Gasteiger partial charge in [-0.15, -0.1) is 0 Å². The van der Waals surface area contributed by atoms with E-state index in [1.54, 1.807) is 0 Å². The Morgan fingerprint density at radius 2 is 1.76 bits per heavy atom. The van der Waals surface area contributed by atoms with Crippen LogP contribution in [0.2, 0.25) is 0 Å². The lowest BCUT2D eigenvalue weighted by molar-refractivity contribution is -0.150. The molecule has 1 amide bonds. The third kappa shape index (κ3) is 2.99. The van der Waals surface area contributed by atoms with Crippen LogP contribution < -0.4 is 4.74 Å². The molecule has 3 rings (SSSR count). The summed E-state index contributed by atoms with van der Waals surface area (Å²) in [6.07, 6.45) is 1.41. The van der Waals surface area contributed by atoms with Crippen molar-refractivity contribution in [1.82, 2.24) is 9.80 Å². The molecule has 2 aliphatic heterocycles. The Kier molecular flexibility index (Phi) is 4.71. The van der Waals surface area contributed by atoms with E-state index in [0.29, 0.717) is 12.2 Å². The third-order valence-corrected chi connectivity index (χ3v) is 6.08. The van der Waals surface area contributed by atoms with Crippen molar-refractivity contribution >= 4 is 5.91 Å². The maximum atomic E-state index is 13.2. The number of ether oxygens (including phenoxy) is 1. The van der Waals surface area contributed by atoms with Gasteiger partial charge in [0.15, 0.2) is 5.60 Å². The van der Waals surface area contributed by atoms with Crippen molar-refractivity contribution in [1.29, 1.82) is 0 Å². The van der Waals surface area contributed by atoms with Gasteiger partial charge < -0.3 is 19.6 Å². The monoisotopic (exact) mass is 346 g/mol. The maximum Gasteiger partial charge on any atom is 0.266 e. The molecule has 1 aromatic rings. The highest BCUT2D eigenvalue weighted by atomic mass is 16.5. The van der Waals surface area contributed by atoms with E-state index in [-0.39, 0.29) is 5.91 Å². The first kappa shape index (κ1) is 18.1. The predicted octanol–water partition coefficient (Wildman–Crippen LogP) is 2.57. The second kappa shape index (κ2) is 6.52. The minimum atomic E-state index is -0.817. The number of hydrogen-bond acceptors (Lipinski definition) is 4. The number of amides is 1. The normalized spacial score (nSPS) is 24.0. The number of fused-ring (bicyclic) bond motifs is 1. The SMILES string of the molecule is CCN1CCN(C(=O)[C@@]2(C)CCc3c(C)c(O)c(C)c(C)c3O2)CC1. The summed E-state index contributed by atoms with van der Waals surface area (Å²) in [5.74, 6) is 1.24. The molecule has 0 saturated carbocycles. The predicted molar refractivity (Wildman–Crippen MR) is 98.4 cm³/mol. The van der Waals surface area contributed by atoms with Crippen LogP contribution in [-0.4, -0.2) is 59.1 Å². The number of aromatic hydroxyl groups is 1. The van der Waals surface area contributed by atoms with Gasteiger partial charge in [0.1, 0.15) is 11.5 Å². The number of benzene rings is 1. The second-order valence-electron chi connectivity index (χ2n) is 7.59. The quantitative estimate of drug-likeness (QED) is 0.894. The summed E-state index contributed by atoms with van der Waals surface area (Å²) < 4.78 is 6.32. The van der Waals surface area contributed by atoms with Gasteiger partial charge >= 0.3 is 0 Å². The molecule has 0 spiro atoms. The summed E-state index contributed by atoms with van der Waals surface area (Å²) in [5, 5.41) is 10.3. The average Bonchev–Trinajstić information content (AvgIpc) is 2.64. The first-order chi connectivity index (χ1) is 11.8. The molecule has 1 saturated heterocycles. The summed E-state index contributed by atoms with van der Waals surface area (Å²) in [6, 6.07) is 0. The number of rotatable bonds is 2. The number of nitrogens with zero attached hydrogens (tertiary/aromatic N) is 2. The van der Waals surface area contributed by atoms with Crippen molar-refractivity contribution in [2.75, 3.05) is 32.7 Å². The van der Waals surface area contributed by atoms with Crippen LogP contribution in [0.15, 0.2) is 0 Å². The highest BCUT2D eigenvalue weighted by molar-refractivity contribution is 5.86. The summed E-state index contributed by atoms with van der Waals surface area (Å²) >= 11 is 0. The fourth-order valence-corrected chi connectivity index (χ4v) is 4.00. The molecular formula is C20H30N2O3. The number of phenolic OH excluding ortho intramolecular Hbond substituents is 1. The van der Waals surface area contributed by atoms with E-state index >= 15 is 0 Å². The largest absolute Gasteiger partial charge is 0.507 e. The molecule has 1 atom stereocenters. The number of phenols is 1. The topological polar surface area (TPSA) is 53.0 Å². The van der Waals surface area contributed by atoms with Crippen LogP contribution in [0.4, 0.5) is 0 Å². The van der Waals surface area contributed by atoms with Crippen molar-refractivity contribution < 1.29 is 14.6 Å². The lowest BCUT2D eigenvalue weighted by Crippen LogP contribution is -2.57. The van der Waals surface area contributed by atoms with E-state index in [0.717, 1.165) is 67.1 Å². The smallest absolute Gasteiger partial charge is 0.266 e. The van der Waals surface area contributed by atoms with Crippen molar-refractivity contribution in [2.24, 2.45) is 0 Å². The zero-order valence-corrected chi connectivity index (χ0v) is 16.1. The Bertz CT molecular complexity index is 693. The van der Waals surface area contributed by atoms with E-state index in [2.05, 4.69) is 11.8 Å². The van der Waals surface area contributed by atoms with Crippen molar-refractivity contribution in [2.45, 2.75) is 53.1 Å². The fourth-order valence-electron chi connectivity index (χ4n) is 4.00. The Hall–Kier alpha value is -1.75. The Balaban J connectivity index is 1.85. The van der Waals surface area contributed by atoms with E-state index in [9.17, 15) is 9.90 Å². The van der Waals surface area contributed by atoms with Crippen LogP contribution in [0, 0.1) is 20.8 Å². The van der Waals surface area contributed by atoms with Gasteiger partial charge in [-0.1, -0.05) is 6.92 Å². The molecule has 2 heterocycles. The molecule has 1 aromatic carbocycles. The first-order valence-corrected chi connectivity index (χ1v) is 9.30. The molecule has 138 valence electrons. The third-order valence-electron chi connectivity index (χ3n) is 6.08. The van der Waals surface area contributed by atoms with Crippen LogP contribution in [0.25, 0.3) is 0 Å². The van der Waals surface area contributed by atoms with Gasteiger partial charge in [0.2, 0.25) is 0 Å². The van der Waals surface area contributed by atoms with Gasteiger partial charge in [-0.25, -0.2) is 0 Å². The van der Waals surface area contributed by atoms with Gasteiger partial charge in [0.05, 0.1) is 0 Å². The Morgan fingerprint density at radius 1 is 1.12 bits per heavy atom. The molecule has 0 bridgehead atoms. The summed E-state index contributed by atoms with van der Waals surface area (Å²) in [4.78, 5) is 17.5. The van der Waals surface area contributed by atoms with Crippen molar-refractivity contribution in [3.05, 3.63) is 22.3 Å². The highest BCUT2D eigenvalue weighted by Crippen LogP contribution is 2.43. The van der Waals surface area contributed by atoms with Gasteiger partial charge in [-0.05, 0) is 57.4 Å². The summed E-state index contributed by atoms with van der Waals surface area (Å²) in [6.45, 7) is 14.3. The van der Waals surface area contributed by atoms with Gasteiger partial charge in [-0.3, -0.25) is 4.79 Å². The standard InChI is InChI=1S/C20H30N2O3/c1-6-21-9-11-22(12-10-21)19(24)20(5)8-7-16-15(4)17(23)13(2)14(3)18(16)25-20/h23H,6-12H2,1-5H3/t20-/m1/s1. The zero-order chi connectivity index (χ0) is 18.4. The van der Waals surface area contributed by atoms with Gasteiger partial charge in [-0.2, -0.15) is 0 Å². The molecule has 5 nitrogen and oxygen atoms in total. The van der Waals surface area contributed by atoms with E-state index in [4.69, 9.17) is 4.74 Å². The molecule has 25 heavy (non-hydrogen) atoms. The van der Waals surface area contributed by atoms with E-state index < -0.39 is 5.60 Å². The minimum absolute atomic E-state index is 0.0942. The first-order valence-electron chi connectivity index (χ1n) is 9.30. The molecule has 5 heteroatoms. The Labute approximate surface area is 150 Å².